The molecule has 20 heavy (non-hydrogen) atoms. The molecule has 1 heterocycles. The maximum absolute atomic E-state index is 10.6. The van der Waals surface area contributed by atoms with E-state index in [1.54, 1.807) is 0 Å². The Morgan fingerprint density at radius 2 is 2.15 bits per heavy atom. The van der Waals surface area contributed by atoms with Gasteiger partial charge in [0.2, 0.25) is 5.91 Å². The lowest BCUT2D eigenvalue weighted by Crippen LogP contribution is -2.16. The first kappa shape index (κ1) is 14.9. The molecule has 0 atom stereocenters. The standard InChI is InChI=1S/C15H18BrN3O/c16-13-7-6-11(15-12(13)4-3-9-19-15)10-18-8-2-1-5-14(17)20/h3-4,6-7,9,18H,1-2,5,8,10H2,(H2,17,20). The topological polar surface area (TPSA) is 68.0 Å². The predicted molar refractivity (Wildman–Crippen MR) is 84.2 cm³/mol. The highest BCUT2D eigenvalue weighted by Crippen LogP contribution is 2.25. The van der Waals surface area contributed by atoms with E-state index < -0.39 is 0 Å². The molecule has 0 spiro atoms. The first-order valence-electron chi connectivity index (χ1n) is 6.69. The number of halogens is 1. The number of nitrogens with two attached hydrogens (primary N) is 1. The van der Waals surface area contributed by atoms with Gasteiger partial charge in [-0.3, -0.25) is 9.78 Å². The molecule has 106 valence electrons. The van der Waals surface area contributed by atoms with Gasteiger partial charge in [-0.1, -0.05) is 28.1 Å². The van der Waals surface area contributed by atoms with Gasteiger partial charge in [-0.25, -0.2) is 0 Å². The van der Waals surface area contributed by atoms with E-state index in [1.165, 1.54) is 5.56 Å². The summed E-state index contributed by atoms with van der Waals surface area (Å²) in [5, 5.41) is 4.51. The number of nitrogens with zero attached hydrogens (tertiary/aromatic N) is 1. The number of pyridine rings is 1. The normalized spacial score (nSPS) is 10.8. The lowest BCUT2D eigenvalue weighted by atomic mass is 10.1. The van der Waals surface area contributed by atoms with Gasteiger partial charge in [0.05, 0.1) is 5.52 Å². The summed E-state index contributed by atoms with van der Waals surface area (Å²) in [4.78, 5) is 15.1. The lowest BCUT2D eigenvalue weighted by molar-refractivity contribution is -0.118. The number of rotatable bonds is 7. The van der Waals surface area contributed by atoms with Gasteiger partial charge < -0.3 is 11.1 Å². The molecule has 1 aromatic heterocycles. The molecule has 0 aliphatic heterocycles. The minimum atomic E-state index is -0.229. The van der Waals surface area contributed by atoms with Crippen molar-refractivity contribution >= 4 is 32.7 Å². The zero-order chi connectivity index (χ0) is 14.4. The second-order valence-corrected chi connectivity index (χ2v) is 5.56. The summed E-state index contributed by atoms with van der Waals surface area (Å²) in [7, 11) is 0. The fraction of sp³-hybridized carbons (Fsp3) is 0.333. The second kappa shape index (κ2) is 7.36. The maximum atomic E-state index is 10.6. The monoisotopic (exact) mass is 335 g/mol. The molecule has 2 rings (SSSR count). The van der Waals surface area contributed by atoms with Gasteiger partial charge in [0.25, 0.3) is 0 Å². The smallest absolute Gasteiger partial charge is 0.217 e. The number of aromatic nitrogens is 1. The van der Waals surface area contributed by atoms with Crippen molar-refractivity contribution in [3.8, 4) is 0 Å². The van der Waals surface area contributed by atoms with E-state index in [9.17, 15) is 4.79 Å². The first-order chi connectivity index (χ1) is 9.68. The summed E-state index contributed by atoms with van der Waals surface area (Å²) in [6, 6.07) is 8.13. The SMILES string of the molecule is NC(=O)CCCCNCc1ccc(Br)c2cccnc12. The van der Waals surface area contributed by atoms with Crippen molar-refractivity contribution in [3.63, 3.8) is 0 Å². The predicted octanol–water partition coefficient (Wildman–Crippen LogP) is 2.74. The average Bonchev–Trinajstić information content (AvgIpc) is 2.45. The van der Waals surface area contributed by atoms with Gasteiger partial charge in [-0.2, -0.15) is 0 Å². The van der Waals surface area contributed by atoms with E-state index >= 15 is 0 Å². The highest BCUT2D eigenvalue weighted by atomic mass is 79.9. The van der Waals surface area contributed by atoms with Crippen LogP contribution < -0.4 is 11.1 Å². The second-order valence-electron chi connectivity index (χ2n) is 4.71. The zero-order valence-electron chi connectivity index (χ0n) is 11.2. The molecule has 0 saturated heterocycles. The molecule has 0 bridgehead atoms. The van der Waals surface area contributed by atoms with Crippen LogP contribution in [0.3, 0.4) is 0 Å². The van der Waals surface area contributed by atoms with Crippen LogP contribution in [0.4, 0.5) is 0 Å². The number of hydrogen-bond acceptors (Lipinski definition) is 3. The van der Waals surface area contributed by atoms with Gasteiger partial charge in [0.1, 0.15) is 0 Å². The number of carbonyl (C=O) groups excluding carboxylic acids is 1. The van der Waals surface area contributed by atoms with Gasteiger partial charge in [0.15, 0.2) is 0 Å². The number of fused-ring (bicyclic) bond motifs is 1. The summed E-state index contributed by atoms with van der Waals surface area (Å²) in [5.41, 5.74) is 7.30. The van der Waals surface area contributed by atoms with Crippen molar-refractivity contribution in [2.45, 2.75) is 25.8 Å². The van der Waals surface area contributed by atoms with Gasteiger partial charge in [-0.05, 0) is 37.1 Å². The molecule has 1 aromatic carbocycles. The molecule has 0 saturated carbocycles. The van der Waals surface area contributed by atoms with Crippen molar-refractivity contribution in [1.82, 2.24) is 10.3 Å². The van der Waals surface area contributed by atoms with E-state index in [0.29, 0.717) is 6.42 Å². The Hall–Kier alpha value is -1.46. The minimum Gasteiger partial charge on any atom is -0.370 e. The van der Waals surface area contributed by atoms with Crippen LogP contribution in [-0.2, 0) is 11.3 Å². The van der Waals surface area contributed by atoms with Crippen LogP contribution in [0.1, 0.15) is 24.8 Å². The minimum absolute atomic E-state index is 0.229. The zero-order valence-corrected chi connectivity index (χ0v) is 12.8. The quantitative estimate of drug-likeness (QED) is 0.764. The largest absolute Gasteiger partial charge is 0.370 e. The van der Waals surface area contributed by atoms with Crippen molar-refractivity contribution in [3.05, 3.63) is 40.5 Å². The Balaban J connectivity index is 1.90. The molecular formula is C15H18BrN3O. The van der Waals surface area contributed by atoms with E-state index in [4.69, 9.17) is 5.73 Å². The number of carbonyl (C=O) groups is 1. The highest BCUT2D eigenvalue weighted by Gasteiger charge is 2.04. The number of unbranched alkanes of at least 4 members (excludes halogenated alkanes) is 1. The maximum Gasteiger partial charge on any atom is 0.217 e. The van der Waals surface area contributed by atoms with Crippen LogP contribution in [-0.4, -0.2) is 17.4 Å². The Bertz CT molecular complexity index is 601. The third kappa shape index (κ3) is 4.02. The van der Waals surface area contributed by atoms with E-state index in [0.717, 1.165) is 41.3 Å². The molecule has 0 aliphatic rings. The van der Waals surface area contributed by atoms with Crippen LogP contribution in [0.2, 0.25) is 0 Å². The van der Waals surface area contributed by atoms with Crippen LogP contribution >= 0.6 is 15.9 Å². The van der Waals surface area contributed by atoms with E-state index in [-0.39, 0.29) is 5.91 Å². The molecule has 0 fully saturated rings. The fourth-order valence-electron chi connectivity index (χ4n) is 2.11. The van der Waals surface area contributed by atoms with Crippen LogP contribution in [0.25, 0.3) is 10.9 Å². The molecule has 0 aliphatic carbocycles. The van der Waals surface area contributed by atoms with Gasteiger partial charge in [0, 0.05) is 29.0 Å². The third-order valence-corrected chi connectivity index (χ3v) is 3.83. The Morgan fingerprint density at radius 3 is 2.95 bits per heavy atom. The van der Waals surface area contributed by atoms with Gasteiger partial charge in [-0.15, -0.1) is 0 Å². The van der Waals surface area contributed by atoms with Crippen LogP contribution in [0.5, 0.6) is 0 Å². The summed E-state index contributed by atoms with van der Waals surface area (Å²) in [6.07, 6.45) is 4.06. The van der Waals surface area contributed by atoms with Crippen molar-refractivity contribution in [2.75, 3.05) is 6.54 Å². The molecule has 2 aromatic rings. The average molecular weight is 336 g/mol. The van der Waals surface area contributed by atoms with Gasteiger partial charge >= 0.3 is 0 Å². The molecule has 0 unspecified atom stereocenters. The lowest BCUT2D eigenvalue weighted by Gasteiger charge is -2.08. The van der Waals surface area contributed by atoms with Crippen LogP contribution in [0, 0.1) is 0 Å². The summed E-state index contributed by atoms with van der Waals surface area (Å²) in [6.45, 7) is 1.65. The molecule has 1 amide bonds. The Kier molecular flexibility index (Phi) is 5.49. The van der Waals surface area contributed by atoms with E-state index in [1.807, 2.05) is 18.3 Å². The first-order valence-corrected chi connectivity index (χ1v) is 7.49. The third-order valence-electron chi connectivity index (χ3n) is 3.14. The summed E-state index contributed by atoms with van der Waals surface area (Å²) < 4.78 is 1.06. The van der Waals surface area contributed by atoms with E-state index in [2.05, 4.69) is 38.4 Å². The summed E-state index contributed by atoms with van der Waals surface area (Å²) >= 11 is 3.54. The molecular weight excluding hydrogens is 318 g/mol. The Labute approximate surface area is 126 Å². The van der Waals surface area contributed by atoms with Crippen molar-refractivity contribution in [1.29, 1.82) is 0 Å². The number of amides is 1. The van der Waals surface area contributed by atoms with Crippen LogP contribution in [0.15, 0.2) is 34.9 Å². The number of benzene rings is 1. The molecule has 4 nitrogen and oxygen atoms in total. The number of primary amides is 1. The molecule has 5 heteroatoms. The highest BCUT2D eigenvalue weighted by molar-refractivity contribution is 9.10. The number of hydrogen-bond donors (Lipinski definition) is 2. The molecule has 3 N–H and O–H groups in total. The molecule has 0 radical (unpaired) electrons. The Morgan fingerprint density at radius 1 is 1.30 bits per heavy atom. The van der Waals surface area contributed by atoms with Crippen molar-refractivity contribution < 1.29 is 4.79 Å². The summed E-state index contributed by atoms with van der Waals surface area (Å²) in [5.74, 6) is -0.229. The fourth-order valence-corrected chi connectivity index (χ4v) is 2.56. The number of nitrogens with one attached hydrogen (secondary N) is 1. The van der Waals surface area contributed by atoms with Crippen molar-refractivity contribution in [2.24, 2.45) is 5.73 Å².